The fourth-order valence-corrected chi connectivity index (χ4v) is 6.77. The Kier molecular flexibility index (Phi) is 6.22. The fraction of sp³-hybridized carbons (Fsp3) is 0.458. The van der Waals surface area contributed by atoms with Crippen LogP contribution < -0.4 is 0 Å². The quantitative estimate of drug-likeness (QED) is 0.544. The van der Waals surface area contributed by atoms with Gasteiger partial charge in [0.2, 0.25) is 15.9 Å². The molecule has 5 rings (SSSR count). The summed E-state index contributed by atoms with van der Waals surface area (Å²) < 4.78 is 48.2. The number of nitrogens with zero attached hydrogens (tertiary/aromatic N) is 5. The average molecular weight is 502 g/mol. The average Bonchev–Trinajstić information content (AvgIpc) is 3.34. The van der Waals surface area contributed by atoms with Crippen molar-refractivity contribution in [1.29, 1.82) is 0 Å². The van der Waals surface area contributed by atoms with Crippen molar-refractivity contribution in [3.8, 4) is 11.3 Å². The van der Waals surface area contributed by atoms with Crippen molar-refractivity contribution in [1.82, 2.24) is 24.1 Å². The van der Waals surface area contributed by atoms with Crippen molar-refractivity contribution in [2.45, 2.75) is 51.1 Å². The Morgan fingerprint density at radius 3 is 2.57 bits per heavy atom. The summed E-state index contributed by atoms with van der Waals surface area (Å²) in [5, 5.41) is 8.40. The van der Waals surface area contributed by atoms with E-state index >= 15 is 0 Å². The van der Waals surface area contributed by atoms with E-state index in [0.29, 0.717) is 49.4 Å². The highest BCUT2D eigenvalue weighted by atomic mass is 32.2. The van der Waals surface area contributed by atoms with Crippen molar-refractivity contribution in [3.63, 3.8) is 0 Å². The van der Waals surface area contributed by atoms with Crippen LogP contribution in [0.25, 0.3) is 11.3 Å². The number of aromatic nitrogens is 3. The molecule has 4 heterocycles. The number of rotatable bonds is 4. The van der Waals surface area contributed by atoms with Gasteiger partial charge in [0, 0.05) is 37.7 Å². The highest BCUT2D eigenvalue weighted by molar-refractivity contribution is 7.89. The lowest BCUT2D eigenvalue weighted by molar-refractivity contribution is -0.137. The molecule has 0 radical (unpaired) electrons. The molecule has 0 aliphatic carbocycles. The van der Waals surface area contributed by atoms with E-state index in [1.54, 1.807) is 19.9 Å². The molecule has 2 aliphatic rings. The SMILES string of the molecule is Cc1noc(C)c1S(=O)(=O)N1CCC(C(=O)N2CCCn3nc(-c4cccc(F)c4)cc3C2)CC1. The predicted molar refractivity (Wildman–Crippen MR) is 125 cm³/mol. The Bertz CT molecular complexity index is 1340. The number of carbonyl (C=O) groups excluding carboxylic acids is 1. The predicted octanol–water partition coefficient (Wildman–Crippen LogP) is 3.13. The summed E-state index contributed by atoms with van der Waals surface area (Å²) in [5.41, 5.74) is 2.65. The van der Waals surface area contributed by atoms with E-state index in [2.05, 4.69) is 10.3 Å². The molecule has 1 amide bonds. The second-order valence-electron chi connectivity index (χ2n) is 9.20. The monoisotopic (exact) mass is 501 g/mol. The molecule has 1 aromatic carbocycles. The van der Waals surface area contributed by atoms with Gasteiger partial charge in [-0.25, -0.2) is 12.8 Å². The molecule has 1 fully saturated rings. The maximum Gasteiger partial charge on any atom is 0.248 e. The molecule has 0 unspecified atom stereocenters. The summed E-state index contributed by atoms with van der Waals surface area (Å²) in [4.78, 5) is 15.4. The second kappa shape index (κ2) is 9.19. The van der Waals surface area contributed by atoms with Crippen LogP contribution in [-0.4, -0.2) is 58.1 Å². The zero-order valence-electron chi connectivity index (χ0n) is 19.8. The Labute approximate surface area is 203 Å². The van der Waals surface area contributed by atoms with Crippen molar-refractivity contribution < 1.29 is 22.1 Å². The number of hydrogen-bond acceptors (Lipinski definition) is 6. The highest BCUT2D eigenvalue weighted by Gasteiger charge is 2.37. The van der Waals surface area contributed by atoms with Gasteiger partial charge in [-0.05, 0) is 51.3 Å². The molecule has 11 heteroatoms. The van der Waals surface area contributed by atoms with Gasteiger partial charge in [-0.2, -0.15) is 9.40 Å². The van der Waals surface area contributed by atoms with Crippen LogP contribution >= 0.6 is 0 Å². The van der Waals surface area contributed by atoms with Crippen molar-refractivity contribution in [2.75, 3.05) is 19.6 Å². The summed E-state index contributed by atoms with van der Waals surface area (Å²) in [6, 6.07) is 8.24. The summed E-state index contributed by atoms with van der Waals surface area (Å²) in [7, 11) is -3.71. The van der Waals surface area contributed by atoms with Crippen molar-refractivity contribution >= 4 is 15.9 Å². The van der Waals surface area contributed by atoms with Crippen molar-refractivity contribution in [2.24, 2.45) is 5.92 Å². The first-order valence-corrected chi connectivity index (χ1v) is 13.2. The second-order valence-corrected chi connectivity index (χ2v) is 11.1. The van der Waals surface area contributed by atoms with E-state index in [9.17, 15) is 17.6 Å². The molecule has 9 nitrogen and oxygen atoms in total. The van der Waals surface area contributed by atoms with Gasteiger partial charge in [0.05, 0.1) is 17.9 Å². The molecule has 2 aromatic heterocycles. The molecule has 2 aliphatic heterocycles. The molecular weight excluding hydrogens is 473 g/mol. The summed E-state index contributed by atoms with van der Waals surface area (Å²) in [6.07, 6.45) is 1.69. The van der Waals surface area contributed by atoms with Gasteiger partial charge in [-0.15, -0.1) is 0 Å². The minimum absolute atomic E-state index is 0.0429. The minimum Gasteiger partial charge on any atom is -0.360 e. The highest BCUT2D eigenvalue weighted by Crippen LogP contribution is 2.29. The fourth-order valence-electron chi connectivity index (χ4n) is 5.01. The van der Waals surface area contributed by atoms with Gasteiger partial charge in [0.15, 0.2) is 5.76 Å². The van der Waals surface area contributed by atoms with Crippen LogP contribution in [0.5, 0.6) is 0 Å². The third kappa shape index (κ3) is 4.50. The third-order valence-electron chi connectivity index (χ3n) is 6.82. The van der Waals surface area contributed by atoms with Gasteiger partial charge in [-0.1, -0.05) is 17.3 Å². The van der Waals surface area contributed by atoms with Gasteiger partial charge in [0.25, 0.3) is 0 Å². The van der Waals surface area contributed by atoms with E-state index in [1.807, 2.05) is 21.7 Å². The maximum absolute atomic E-state index is 13.7. The van der Waals surface area contributed by atoms with Crippen LogP contribution in [-0.2, 0) is 27.9 Å². The van der Waals surface area contributed by atoms with E-state index < -0.39 is 10.0 Å². The van der Waals surface area contributed by atoms with E-state index in [-0.39, 0.29) is 41.4 Å². The number of halogens is 1. The molecular formula is C24H28FN5O4S. The first-order chi connectivity index (χ1) is 16.7. The lowest BCUT2D eigenvalue weighted by atomic mass is 9.96. The number of aryl methyl sites for hydroxylation is 3. The van der Waals surface area contributed by atoms with Gasteiger partial charge in [-0.3, -0.25) is 9.48 Å². The standard InChI is InChI=1S/C24H28FN5O4S/c1-16-23(17(2)34-27-16)35(32,33)29-11-7-18(8-12-29)24(31)28-9-4-10-30-21(15-28)14-22(26-30)19-5-3-6-20(25)13-19/h3,5-6,13-14,18H,4,7-12,15H2,1-2H3. The van der Waals surface area contributed by atoms with Crippen LogP contribution in [0.4, 0.5) is 4.39 Å². The molecule has 3 aromatic rings. The van der Waals surface area contributed by atoms with Crippen LogP contribution in [0, 0.1) is 25.6 Å². The number of hydrogen-bond donors (Lipinski definition) is 0. The van der Waals surface area contributed by atoms with Crippen LogP contribution in [0.2, 0.25) is 0 Å². The van der Waals surface area contributed by atoms with Gasteiger partial charge < -0.3 is 9.42 Å². The van der Waals surface area contributed by atoms with E-state index in [0.717, 1.165) is 12.1 Å². The normalized spacial score (nSPS) is 17.9. The van der Waals surface area contributed by atoms with Crippen LogP contribution in [0.3, 0.4) is 0 Å². The van der Waals surface area contributed by atoms with Gasteiger partial charge in [0.1, 0.15) is 16.4 Å². The van der Waals surface area contributed by atoms with Crippen molar-refractivity contribution in [3.05, 3.63) is 53.3 Å². The number of piperidine rings is 1. The lowest BCUT2D eigenvalue weighted by Crippen LogP contribution is -2.44. The molecule has 0 bridgehead atoms. The summed E-state index contributed by atoms with van der Waals surface area (Å²) in [5.74, 6) is -0.227. The molecule has 0 atom stereocenters. The molecule has 1 saturated heterocycles. The zero-order valence-corrected chi connectivity index (χ0v) is 20.6. The minimum atomic E-state index is -3.71. The third-order valence-corrected chi connectivity index (χ3v) is 8.96. The zero-order chi connectivity index (χ0) is 24.7. The number of amides is 1. The number of carbonyl (C=O) groups is 1. The maximum atomic E-state index is 13.7. The van der Waals surface area contributed by atoms with Crippen LogP contribution in [0.1, 0.15) is 36.4 Å². The van der Waals surface area contributed by atoms with E-state index in [4.69, 9.17) is 4.52 Å². The Morgan fingerprint density at radius 1 is 1.11 bits per heavy atom. The molecule has 186 valence electrons. The number of benzene rings is 1. The first kappa shape index (κ1) is 23.7. The van der Waals surface area contributed by atoms with Crippen LogP contribution in [0.15, 0.2) is 39.8 Å². The first-order valence-electron chi connectivity index (χ1n) is 11.8. The molecule has 35 heavy (non-hydrogen) atoms. The molecule has 0 spiro atoms. The molecule has 0 N–H and O–H groups in total. The number of sulfonamides is 1. The Balaban J connectivity index is 1.26. The Hall–Kier alpha value is -3.05. The summed E-state index contributed by atoms with van der Waals surface area (Å²) >= 11 is 0. The van der Waals surface area contributed by atoms with E-state index in [1.165, 1.54) is 16.4 Å². The molecule has 0 saturated carbocycles. The smallest absolute Gasteiger partial charge is 0.248 e. The topological polar surface area (TPSA) is 102 Å². The number of fused-ring (bicyclic) bond motifs is 1. The summed E-state index contributed by atoms with van der Waals surface area (Å²) in [6.45, 7) is 5.49. The largest absolute Gasteiger partial charge is 0.360 e. The lowest BCUT2D eigenvalue weighted by Gasteiger charge is -2.33. The van der Waals surface area contributed by atoms with Gasteiger partial charge >= 0.3 is 0 Å². The Morgan fingerprint density at radius 2 is 1.89 bits per heavy atom.